The van der Waals surface area contributed by atoms with Crippen molar-refractivity contribution >= 4 is 17.7 Å². The van der Waals surface area contributed by atoms with Crippen molar-refractivity contribution in [3.8, 4) is 0 Å². The van der Waals surface area contributed by atoms with Gasteiger partial charge in [-0.05, 0) is 18.8 Å². The summed E-state index contributed by atoms with van der Waals surface area (Å²) in [6.45, 7) is 12.8. The minimum atomic E-state index is 0.334. The lowest BCUT2D eigenvalue weighted by atomic mass is 9.94. The van der Waals surface area contributed by atoms with Crippen LogP contribution in [0, 0.1) is 5.92 Å². The van der Waals surface area contributed by atoms with Crippen molar-refractivity contribution < 1.29 is 4.74 Å². The van der Waals surface area contributed by atoms with Crippen molar-refractivity contribution in [1.82, 2.24) is 20.4 Å². The van der Waals surface area contributed by atoms with Gasteiger partial charge in [0, 0.05) is 69.4 Å². The van der Waals surface area contributed by atoms with Crippen LogP contribution in [0.5, 0.6) is 0 Å². The van der Waals surface area contributed by atoms with E-state index in [-0.39, 0.29) is 0 Å². The van der Waals surface area contributed by atoms with E-state index >= 15 is 0 Å². The van der Waals surface area contributed by atoms with E-state index in [1.165, 1.54) is 50.3 Å². The first-order chi connectivity index (χ1) is 13.6. The molecular weight excluding hydrogens is 370 g/mol. The first kappa shape index (κ1) is 22.2. The zero-order chi connectivity index (χ0) is 19.8. The first-order valence-electron chi connectivity index (χ1n) is 11.2. The maximum atomic E-state index is 5.54. The first-order valence-corrected chi connectivity index (χ1v) is 12.4. The summed E-state index contributed by atoms with van der Waals surface area (Å²) in [5.74, 6) is 4.13. The summed E-state index contributed by atoms with van der Waals surface area (Å²) in [6.07, 6.45) is 5.38. The number of hydrogen-bond donors (Lipinski definition) is 2. The molecule has 0 aromatic carbocycles. The van der Waals surface area contributed by atoms with Gasteiger partial charge >= 0.3 is 0 Å². The molecule has 162 valence electrons. The number of rotatable bonds is 7. The molecular formula is C21H41N5OS. The van der Waals surface area contributed by atoms with Gasteiger partial charge in [-0.1, -0.05) is 26.7 Å². The summed E-state index contributed by atoms with van der Waals surface area (Å²) in [5.41, 5.74) is 0.334. The number of thioether (sulfide) groups is 1. The van der Waals surface area contributed by atoms with E-state index < -0.39 is 0 Å². The van der Waals surface area contributed by atoms with Crippen LogP contribution in [0.2, 0.25) is 0 Å². The van der Waals surface area contributed by atoms with Crippen LogP contribution in [-0.4, -0.2) is 98.4 Å². The second-order valence-electron chi connectivity index (χ2n) is 8.80. The van der Waals surface area contributed by atoms with E-state index in [9.17, 15) is 0 Å². The Balaban J connectivity index is 1.52. The van der Waals surface area contributed by atoms with Crippen molar-refractivity contribution in [1.29, 1.82) is 0 Å². The number of nitrogens with one attached hydrogen (secondary N) is 2. The fourth-order valence-corrected chi connectivity index (χ4v) is 5.94. The van der Waals surface area contributed by atoms with Gasteiger partial charge in [0.05, 0.1) is 13.2 Å². The lowest BCUT2D eigenvalue weighted by Crippen LogP contribution is -2.58. The largest absolute Gasteiger partial charge is 0.379 e. The summed E-state index contributed by atoms with van der Waals surface area (Å²) >= 11 is 2.10. The van der Waals surface area contributed by atoms with E-state index in [1.54, 1.807) is 0 Å². The molecule has 2 heterocycles. The summed E-state index contributed by atoms with van der Waals surface area (Å²) in [4.78, 5) is 9.86. The predicted octanol–water partition coefficient (Wildman–Crippen LogP) is 1.87. The molecule has 6 nitrogen and oxygen atoms in total. The van der Waals surface area contributed by atoms with Crippen LogP contribution in [0.15, 0.2) is 4.99 Å². The highest BCUT2D eigenvalue weighted by Gasteiger charge is 2.40. The molecule has 3 fully saturated rings. The van der Waals surface area contributed by atoms with Crippen molar-refractivity contribution in [3.05, 3.63) is 0 Å². The number of aliphatic imine (C=N–C) groups is 1. The Labute approximate surface area is 176 Å². The van der Waals surface area contributed by atoms with Crippen molar-refractivity contribution in [3.63, 3.8) is 0 Å². The van der Waals surface area contributed by atoms with Gasteiger partial charge in [-0.2, -0.15) is 11.8 Å². The summed E-state index contributed by atoms with van der Waals surface area (Å²) in [6, 6.07) is 0.516. The quantitative estimate of drug-likeness (QED) is 0.493. The molecule has 3 aliphatic rings. The van der Waals surface area contributed by atoms with Gasteiger partial charge in [0.15, 0.2) is 5.96 Å². The zero-order valence-electron chi connectivity index (χ0n) is 18.2. The normalized spacial score (nSPS) is 25.8. The Bertz CT molecular complexity index is 483. The van der Waals surface area contributed by atoms with Gasteiger partial charge in [-0.15, -0.1) is 0 Å². The van der Waals surface area contributed by atoms with Crippen molar-refractivity contribution in [2.75, 3.05) is 71.0 Å². The number of guanidine groups is 1. The molecule has 0 spiro atoms. The third-order valence-corrected chi connectivity index (χ3v) is 7.73. The topological polar surface area (TPSA) is 52.1 Å². The Morgan fingerprint density at radius 1 is 1.07 bits per heavy atom. The van der Waals surface area contributed by atoms with E-state index in [2.05, 4.69) is 51.0 Å². The molecule has 28 heavy (non-hydrogen) atoms. The smallest absolute Gasteiger partial charge is 0.191 e. The number of morpholine rings is 1. The van der Waals surface area contributed by atoms with Gasteiger partial charge in [0.1, 0.15) is 0 Å². The van der Waals surface area contributed by atoms with Gasteiger partial charge in [-0.3, -0.25) is 14.8 Å². The highest BCUT2D eigenvalue weighted by atomic mass is 32.2. The predicted molar refractivity (Wildman–Crippen MR) is 120 cm³/mol. The zero-order valence-corrected chi connectivity index (χ0v) is 19.0. The lowest BCUT2D eigenvalue weighted by Gasteiger charge is -2.44. The maximum Gasteiger partial charge on any atom is 0.191 e. The maximum absolute atomic E-state index is 5.54. The number of nitrogens with zero attached hydrogens (tertiary/aromatic N) is 3. The summed E-state index contributed by atoms with van der Waals surface area (Å²) in [7, 11) is 1.90. The molecule has 0 amide bonds. The average Bonchev–Trinajstić information content (AvgIpc) is 3.22. The van der Waals surface area contributed by atoms with Crippen LogP contribution in [0.25, 0.3) is 0 Å². The third kappa shape index (κ3) is 5.77. The van der Waals surface area contributed by atoms with Crippen LogP contribution in [-0.2, 0) is 4.74 Å². The Morgan fingerprint density at radius 3 is 2.36 bits per heavy atom. The van der Waals surface area contributed by atoms with Gasteiger partial charge in [0.25, 0.3) is 0 Å². The van der Waals surface area contributed by atoms with Crippen molar-refractivity contribution in [2.24, 2.45) is 10.9 Å². The lowest BCUT2D eigenvalue weighted by molar-refractivity contribution is 0.00750. The molecule has 0 radical (unpaired) electrons. The molecule has 1 aliphatic carbocycles. The molecule has 2 N–H and O–H groups in total. The number of ether oxygens (including phenoxy) is 1. The summed E-state index contributed by atoms with van der Waals surface area (Å²) in [5, 5.41) is 7.32. The van der Waals surface area contributed by atoms with Gasteiger partial charge < -0.3 is 15.4 Å². The van der Waals surface area contributed by atoms with Gasteiger partial charge in [-0.25, -0.2) is 0 Å². The minimum absolute atomic E-state index is 0.334. The van der Waals surface area contributed by atoms with Crippen molar-refractivity contribution in [2.45, 2.75) is 51.1 Å². The molecule has 0 bridgehead atoms. The van der Waals surface area contributed by atoms with E-state index in [0.717, 1.165) is 45.4 Å². The molecule has 2 aliphatic heterocycles. The van der Waals surface area contributed by atoms with Crippen LogP contribution in [0.1, 0.15) is 39.5 Å². The van der Waals surface area contributed by atoms with Crippen LogP contribution in [0.3, 0.4) is 0 Å². The highest BCUT2D eigenvalue weighted by Crippen LogP contribution is 2.36. The number of hydrogen-bond acceptors (Lipinski definition) is 5. The van der Waals surface area contributed by atoms with E-state index in [4.69, 9.17) is 4.74 Å². The fraction of sp³-hybridized carbons (Fsp3) is 0.952. The van der Waals surface area contributed by atoms with E-state index in [1.807, 2.05) is 7.05 Å². The van der Waals surface area contributed by atoms with Gasteiger partial charge in [0.2, 0.25) is 0 Å². The fourth-order valence-electron chi connectivity index (χ4n) is 5.04. The molecule has 2 saturated heterocycles. The second kappa shape index (κ2) is 11.0. The molecule has 1 saturated carbocycles. The van der Waals surface area contributed by atoms with Crippen LogP contribution < -0.4 is 10.6 Å². The average molecular weight is 412 g/mol. The highest BCUT2D eigenvalue weighted by molar-refractivity contribution is 7.99. The SMILES string of the molecule is CN=C(NCC(C(C)C)N1CCOCC1)NCC1(N2CCSCC2)CCCC1. The van der Waals surface area contributed by atoms with E-state index in [0.29, 0.717) is 17.5 Å². The van der Waals surface area contributed by atoms with Crippen LogP contribution >= 0.6 is 11.8 Å². The Hall–Kier alpha value is -0.500. The minimum Gasteiger partial charge on any atom is -0.379 e. The Kier molecular flexibility index (Phi) is 8.75. The standard InChI is InChI=1S/C21H41N5OS/c1-18(2)19(25-8-12-27-13-9-25)16-23-20(22-3)24-17-21(6-4-5-7-21)26-10-14-28-15-11-26/h18-19H,4-17H2,1-3H3,(H2,22,23,24). The molecule has 0 aromatic heterocycles. The molecule has 7 heteroatoms. The molecule has 3 rings (SSSR count). The molecule has 1 atom stereocenters. The summed E-state index contributed by atoms with van der Waals surface area (Å²) < 4.78 is 5.54. The monoisotopic (exact) mass is 411 g/mol. The molecule has 1 unspecified atom stereocenters. The van der Waals surface area contributed by atoms with Crippen LogP contribution in [0.4, 0.5) is 0 Å². The third-order valence-electron chi connectivity index (χ3n) is 6.79. The Morgan fingerprint density at radius 2 is 1.75 bits per heavy atom. The second-order valence-corrected chi connectivity index (χ2v) is 10.0. The molecule has 0 aromatic rings.